The van der Waals surface area contributed by atoms with E-state index in [-0.39, 0.29) is 81.6 Å². The predicted octanol–water partition coefficient (Wildman–Crippen LogP) is 2.34. The van der Waals surface area contributed by atoms with Gasteiger partial charge in [0.15, 0.2) is 0 Å². The summed E-state index contributed by atoms with van der Waals surface area (Å²) in [7, 11) is 0. The molecule has 0 saturated carbocycles. The van der Waals surface area contributed by atoms with Crippen molar-refractivity contribution in [2.24, 2.45) is 11.7 Å². The minimum Gasteiger partial charge on any atom is -0.394 e. The Morgan fingerprint density at radius 2 is 1.07 bits per heavy atom. The summed E-state index contributed by atoms with van der Waals surface area (Å²) in [6.07, 6.45) is 3.76. The molecule has 0 unspecified atom stereocenters. The summed E-state index contributed by atoms with van der Waals surface area (Å²) in [5.74, 6) is -9.47. The summed E-state index contributed by atoms with van der Waals surface area (Å²) in [4.78, 5) is 201. The van der Waals surface area contributed by atoms with Crippen molar-refractivity contribution in [1.29, 1.82) is 0 Å². The number of carbonyl (C=O) groups is 14. The molecule has 614 valence electrons. The van der Waals surface area contributed by atoms with Crippen LogP contribution in [0.25, 0.3) is 10.8 Å². The number of likely N-dealkylation sites (tertiary alicyclic amines) is 1. The summed E-state index contributed by atoms with van der Waals surface area (Å²) >= 11 is 6.27. The maximum atomic E-state index is 15.5. The first kappa shape index (κ1) is 88.7. The highest BCUT2D eigenvalue weighted by Gasteiger charge is 2.40. The monoisotopic (exact) mass is 1600 g/mol. The Morgan fingerprint density at radius 3 is 1.61 bits per heavy atom. The number of nitrogens with one attached hydrogen (secondary N) is 14. The molecule has 3 heterocycles. The molecule has 32 nitrogen and oxygen atoms in total. The molecule has 0 bridgehead atoms. The van der Waals surface area contributed by atoms with Crippen LogP contribution in [0, 0.1) is 5.92 Å². The van der Waals surface area contributed by atoms with Crippen LogP contribution in [0.4, 0.5) is 15.3 Å². The summed E-state index contributed by atoms with van der Waals surface area (Å²) < 4.78 is 0. The molecule has 5 aromatic carbocycles. The topological polar surface area (TPSA) is 470 Å². The third-order valence-corrected chi connectivity index (χ3v) is 19.5. The van der Waals surface area contributed by atoms with E-state index in [1.165, 1.54) is 48.5 Å². The first-order valence-electron chi connectivity index (χ1n) is 38.6. The zero-order chi connectivity index (χ0) is 83.3. The number of urea groups is 2. The van der Waals surface area contributed by atoms with Crippen molar-refractivity contribution in [3.8, 4) is 0 Å². The highest BCUT2D eigenvalue weighted by molar-refractivity contribution is 6.30. The number of fused-ring (bicyclic) bond motifs is 1. The normalized spacial score (nSPS) is 16.0. The van der Waals surface area contributed by atoms with Crippen LogP contribution < -0.4 is 80.2 Å². The molecule has 2 aliphatic rings. The average molecular weight is 1600 g/mol. The summed E-state index contributed by atoms with van der Waals surface area (Å²) in [6, 6.07) is 19.9. The largest absolute Gasteiger partial charge is 0.394 e. The Balaban J connectivity index is 1.10. The van der Waals surface area contributed by atoms with Gasteiger partial charge in [-0.3, -0.25) is 67.8 Å². The molecule has 33 heteroatoms. The number of unbranched alkanes of at least 4 members (excludes halogenated alkanes) is 1. The van der Waals surface area contributed by atoms with E-state index in [2.05, 4.69) is 79.4 Å². The van der Waals surface area contributed by atoms with Crippen LogP contribution in [0.15, 0.2) is 140 Å². The first-order valence-corrected chi connectivity index (χ1v) is 38.9. The molecule has 16 amide bonds. The number of nitrogens with two attached hydrogens (primary N) is 1. The molecule has 115 heavy (non-hydrogen) atoms. The molecule has 17 N–H and O–H groups in total. The molecule has 0 aliphatic carbocycles. The number of amides is 16. The molecule has 1 aromatic heterocycles. The number of hydrogen-bond acceptors (Lipinski definition) is 17. The van der Waals surface area contributed by atoms with E-state index in [9.17, 15) is 57.8 Å². The van der Waals surface area contributed by atoms with Gasteiger partial charge in [-0.25, -0.2) is 9.59 Å². The lowest BCUT2D eigenvalue weighted by molar-refractivity contribution is -0.142. The van der Waals surface area contributed by atoms with Crippen molar-refractivity contribution < 1.29 is 72.2 Å². The molecular weight excluding hydrogens is 1500 g/mol. The number of primary amides is 1. The van der Waals surface area contributed by atoms with Crippen molar-refractivity contribution in [2.45, 2.75) is 192 Å². The van der Waals surface area contributed by atoms with Crippen molar-refractivity contribution >= 4 is 111 Å². The second-order valence-corrected chi connectivity index (χ2v) is 29.8. The fourth-order valence-corrected chi connectivity index (χ4v) is 13.5. The Kier molecular flexibility index (Phi) is 33.9. The molecule has 0 spiro atoms. The van der Waals surface area contributed by atoms with E-state index in [0.29, 0.717) is 77.2 Å². The van der Waals surface area contributed by atoms with Gasteiger partial charge in [0.05, 0.1) is 13.0 Å². The van der Waals surface area contributed by atoms with E-state index in [1.807, 2.05) is 70.2 Å². The summed E-state index contributed by atoms with van der Waals surface area (Å²) in [5.41, 5.74) is 8.55. The van der Waals surface area contributed by atoms with Crippen molar-refractivity contribution in [2.75, 3.05) is 31.6 Å². The van der Waals surface area contributed by atoms with E-state index < -0.39 is 150 Å². The van der Waals surface area contributed by atoms with Gasteiger partial charge in [0, 0.05) is 87.8 Å². The lowest BCUT2D eigenvalue weighted by atomic mass is 9.99. The number of aromatic nitrogens is 1. The van der Waals surface area contributed by atoms with Crippen molar-refractivity contribution in [3.63, 3.8) is 0 Å². The van der Waals surface area contributed by atoms with Gasteiger partial charge in [-0.2, -0.15) is 0 Å². The highest BCUT2D eigenvalue weighted by atomic mass is 35.5. The highest BCUT2D eigenvalue weighted by Crippen LogP contribution is 2.23. The van der Waals surface area contributed by atoms with Gasteiger partial charge in [0.2, 0.25) is 70.9 Å². The van der Waals surface area contributed by atoms with Gasteiger partial charge >= 0.3 is 12.1 Å². The Morgan fingerprint density at radius 1 is 0.565 bits per heavy atom. The predicted molar refractivity (Wildman–Crippen MR) is 429 cm³/mol. The smallest absolute Gasteiger partial charge is 0.322 e. The van der Waals surface area contributed by atoms with Crippen LogP contribution in [-0.2, 0) is 96.2 Å². The number of carbonyl (C=O) groups excluding carboxylic acids is 14. The molecule has 8 rings (SSSR count). The van der Waals surface area contributed by atoms with E-state index >= 15 is 14.4 Å². The Hall–Kier alpha value is -11.9. The van der Waals surface area contributed by atoms with Crippen LogP contribution in [0.3, 0.4) is 0 Å². The zero-order valence-electron chi connectivity index (χ0n) is 65.2. The number of hydrogen-bond donors (Lipinski definition) is 16. The number of halogens is 1. The lowest BCUT2D eigenvalue weighted by Crippen LogP contribution is -2.62. The van der Waals surface area contributed by atoms with Gasteiger partial charge in [-0.15, -0.1) is 0 Å². The zero-order valence-corrected chi connectivity index (χ0v) is 66.0. The van der Waals surface area contributed by atoms with Gasteiger partial charge in [-0.1, -0.05) is 136 Å². The summed E-state index contributed by atoms with van der Waals surface area (Å²) in [6.45, 7) is 10.8. The van der Waals surface area contributed by atoms with Crippen LogP contribution in [-0.4, -0.2) is 191 Å². The molecule has 2 aliphatic heterocycles. The number of rotatable bonds is 41. The van der Waals surface area contributed by atoms with E-state index in [4.69, 9.17) is 17.3 Å². The van der Waals surface area contributed by atoms with Crippen molar-refractivity contribution in [1.82, 2.24) is 79.0 Å². The van der Waals surface area contributed by atoms with Gasteiger partial charge < -0.3 is 84.9 Å². The number of aliphatic hydroxyl groups excluding tert-OH is 1. The summed E-state index contributed by atoms with van der Waals surface area (Å²) in [5, 5.41) is 51.0. The first-order chi connectivity index (χ1) is 55.0. The van der Waals surface area contributed by atoms with Crippen LogP contribution in [0.1, 0.15) is 120 Å². The number of anilines is 1. The van der Waals surface area contributed by atoms with Crippen LogP contribution in [0.2, 0.25) is 5.02 Å². The third kappa shape index (κ3) is 28.3. The van der Waals surface area contributed by atoms with Crippen LogP contribution >= 0.6 is 11.6 Å². The number of pyridine rings is 1. The third-order valence-electron chi connectivity index (χ3n) is 19.3. The number of aliphatic hydroxyl groups is 1. The molecule has 0 radical (unpaired) electrons. The molecule has 2 fully saturated rings. The Labute approximate surface area is 672 Å². The molecular formula is C82H104ClN17O15. The minimum atomic E-state index is -1.90. The Bertz CT molecular complexity index is 4390. The maximum Gasteiger partial charge on any atom is 0.322 e. The van der Waals surface area contributed by atoms with Gasteiger partial charge in [0.1, 0.15) is 60.4 Å². The molecule has 10 atom stereocenters. The van der Waals surface area contributed by atoms with Gasteiger partial charge in [0.25, 0.3) is 0 Å². The second kappa shape index (κ2) is 43.9. The maximum absolute atomic E-state index is 15.5. The number of nitrogens with zero attached hydrogens (tertiary/aromatic N) is 2. The van der Waals surface area contributed by atoms with Crippen LogP contribution in [0.5, 0.6) is 0 Å². The SMILES string of the molecule is CCNC(=O)[C@@H]1CCCN1C(=O)[C@H](CCCCNC(C)C)NC(=O)[C@H](CC(C)C)NC(=O)[C@@H](Cc1ccc(CNC(N)=O)cc1)NC(=O)[C@H](Cc1ccc(NC(=O)[C@H]2CC(=O)NC(=O)N2)cc1)NC(=O)[C@H](CO)NC(=O)[C@@H](Cc1cccnc1)NC(=O)[C@@H](Cc1ccc(Cl)cc1)NC(=O)[C@@H](Cc1ccc2ccccc2c1)NC(C)=O. The van der Waals surface area contributed by atoms with Gasteiger partial charge in [-0.05, 0) is 132 Å². The average Bonchev–Trinajstić information content (AvgIpc) is 1.75. The number of imide groups is 1. The van der Waals surface area contributed by atoms with Crippen molar-refractivity contribution in [3.05, 3.63) is 178 Å². The number of benzene rings is 5. The fraction of sp³-hybridized carbons (Fsp3) is 0.427. The second-order valence-electron chi connectivity index (χ2n) is 29.4. The van der Waals surface area contributed by atoms with E-state index in [1.54, 1.807) is 67.6 Å². The molecule has 2 saturated heterocycles. The fourth-order valence-electron chi connectivity index (χ4n) is 13.4. The number of likely N-dealkylation sites (N-methyl/N-ethyl adjacent to an activating group) is 1. The standard InChI is InChI=1S/C82H104ClN17O15/c1-7-86-79(112)69-18-13-35-100(69)80(113)60(17-10-11-34-87-48(4)5)91-72(105)61(36-47(2)3)92-74(107)63(38-50-19-21-53(22-20-50)45-88-81(84)114)94-76(109)65(40-52-26-31-59(32-27-52)90-71(104)67-43-70(103)99-82(115)98-67)96-78(111)68(46-101)97-77(110)66(42-55-14-12-33-85-44-55)95-75(108)64(39-51-24-29-58(83)30-25-51)93-73(106)62(89-49(6)102)41-54-23-28-56-15-8-9-16-57(56)37-54/h8-9,12,14-16,19-33,37,44,47-48,60-69,87,101H,7,10-11,13,17-18,34-36,38-43,45-46H2,1-6H3,(H,86,112)(H,89,102)(H,90,104)(H,91,105)(H,92,107)(H,93,106)(H,94,109)(H,95,108)(H,96,111)(H,97,110)(H3,84,88,114)(H2,98,99,103,115)/t60-,61-,62+,63+,64+,65-,66+,67+,68-,69-/m0/s1. The van der Waals surface area contributed by atoms with E-state index in [0.717, 1.165) is 10.8 Å². The lowest BCUT2D eigenvalue weighted by Gasteiger charge is -2.31. The quantitative estimate of drug-likeness (QED) is 0.0245. The molecule has 6 aromatic rings. The minimum absolute atomic E-state index is 0.0136.